The second-order valence-electron chi connectivity index (χ2n) is 6.23. The first-order valence-electron chi connectivity index (χ1n) is 8.10. The molecule has 1 aliphatic rings. The van der Waals surface area contributed by atoms with Gasteiger partial charge in [0.05, 0.1) is 13.5 Å². The molecule has 2 rings (SSSR count). The molecule has 1 aromatic rings. The van der Waals surface area contributed by atoms with Crippen LogP contribution in [0.5, 0.6) is 5.75 Å². The first kappa shape index (κ1) is 22.7. The van der Waals surface area contributed by atoms with Crippen LogP contribution in [0.1, 0.15) is 56.1 Å². The number of ether oxygens (including phenoxy) is 2. The predicted molar refractivity (Wildman–Crippen MR) is 88.2 cm³/mol. The van der Waals surface area contributed by atoms with Crippen molar-refractivity contribution in [3.05, 3.63) is 29.3 Å². The molecule has 25 heavy (non-hydrogen) atoms. The maximum atomic E-state index is 11.6. The monoisotopic (exact) mass is 378 g/mol. The van der Waals surface area contributed by atoms with Crippen molar-refractivity contribution in [2.24, 2.45) is 5.92 Å². The molecule has 0 aromatic heterocycles. The second kappa shape index (κ2) is 10.7. The summed E-state index contributed by atoms with van der Waals surface area (Å²) in [4.78, 5) is 22.2. The molecule has 3 atom stereocenters. The third-order valence-corrected chi connectivity index (χ3v) is 4.86. The Morgan fingerprint density at radius 3 is 2.52 bits per heavy atom. The summed E-state index contributed by atoms with van der Waals surface area (Å²) in [6, 6.07) is 5.83. The Bertz CT molecular complexity index is 605. The minimum Gasteiger partial charge on any atom is -0.781 e. The number of methoxy groups -OCH3 is 1. The average molecular weight is 378 g/mol. The van der Waals surface area contributed by atoms with Crippen molar-refractivity contribution in [2.45, 2.75) is 44.9 Å². The molecule has 0 N–H and O–H groups in total. The van der Waals surface area contributed by atoms with Crippen molar-refractivity contribution in [1.82, 2.24) is 0 Å². The molecule has 6 nitrogen and oxygen atoms in total. The number of benzene rings is 1. The van der Waals surface area contributed by atoms with E-state index in [4.69, 9.17) is 9.47 Å². The van der Waals surface area contributed by atoms with E-state index in [0.717, 1.165) is 11.1 Å². The summed E-state index contributed by atoms with van der Waals surface area (Å²) < 4.78 is 25.6. The minimum atomic E-state index is -3.29. The Morgan fingerprint density at radius 1 is 1.32 bits per heavy atom. The smallest absolute Gasteiger partial charge is 0.781 e. The molecular weight excluding hydrogens is 354 g/mol. The minimum absolute atomic E-state index is 0. The summed E-state index contributed by atoms with van der Waals surface area (Å²) >= 11 is 0. The third kappa shape index (κ3) is 6.70. The van der Waals surface area contributed by atoms with E-state index in [2.05, 4.69) is 11.4 Å². The van der Waals surface area contributed by atoms with E-state index < -0.39 is 8.25 Å². The van der Waals surface area contributed by atoms with Crippen LogP contribution in [-0.2, 0) is 18.6 Å². The van der Waals surface area contributed by atoms with Crippen molar-refractivity contribution in [1.29, 1.82) is 0 Å². The summed E-state index contributed by atoms with van der Waals surface area (Å²) in [6.07, 6.45) is 2.60. The Labute approximate surface area is 171 Å². The van der Waals surface area contributed by atoms with Crippen LogP contribution < -0.4 is 39.2 Å². The molecule has 1 aromatic carbocycles. The van der Waals surface area contributed by atoms with Crippen molar-refractivity contribution >= 4 is 14.2 Å². The van der Waals surface area contributed by atoms with E-state index in [1.165, 1.54) is 20.0 Å². The molecule has 1 fully saturated rings. The van der Waals surface area contributed by atoms with Gasteiger partial charge in [0.25, 0.3) is 0 Å². The van der Waals surface area contributed by atoms with Gasteiger partial charge in [-0.2, -0.15) is 0 Å². The predicted octanol–water partition coefficient (Wildman–Crippen LogP) is -0.0264. The van der Waals surface area contributed by atoms with Gasteiger partial charge < -0.3 is 23.5 Å². The Hall–Kier alpha value is -0.360. The number of carbonyl (C=O) groups excluding carboxylic acids is 1. The number of hydrogen-bond acceptors (Lipinski definition) is 6. The summed E-state index contributed by atoms with van der Waals surface area (Å²) in [7, 11) is -1.94. The van der Waals surface area contributed by atoms with Crippen molar-refractivity contribution in [2.75, 3.05) is 13.9 Å². The van der Waals surface area contributed by atoms with Gasteiger partial charge >= 0.3 is 35.5 Å². The van der Waals surface area contributed by atoms with Gasteiger partial charge in [-0.3, -0.25) is 4.79 Å². The fourth-order valence-corrected chi connectivity index (χ4v) is 3.07. The van der Waals surface area contributed by atoms with E-state index in [1.807, 2.05) is 25.1 Å². The van der Waals surface area contributed by atoms with Crippen LogP contribution in [0.2, 0.25) is 0 Å². The van der Waals surface area contributed by atoms with Crippen molar-refractivity contribution < 1.29 is 57.8 Å². The zero-order chi connectivity index (χ0) is 17.7. The number of carbonyl (C=O) groups is 1. The van der Waals surface area contributed by atoms with Crippen LogP contribution in [0, 0.1) is 5.92 Å². The fraction of sp³-hybridized carbons (Fsp3) is 0.588. The standard InChI is InChI=1S/C17H25O6P.Na/c1-11(9-16(18)21-3)14-5-4-6-15(12(2)13-7-8-13)17(14)22-10-23-24(19)20;/h4-6,11-13,24H,7-10H2,1-3H3,(H,19,20);/q;+1/p-1. The van der Waals surface area contributed by atoms with E-state index >= 15 is 0 Å². The zero-order valence-electron chi connectivity index (χ0n) is 15.2. The van der Waals surface area contributed by atoms with Gasteiger partial charge in [-0.1, -0.05) is 32.0 Å². The first-order valence-corrected chi connectivity index (χ1v) is 9.32. The Balaban J connectivity index is 0.00000312. The maximum Gasteiger partial charge on any atom is 1.00 e. The molecule has 0 aliphatic heterocycles. The summed E-state index contributed by atoms with van der Waals surface area (Å²) in [5.74, 6) is 1.15. The molecular formula is C17H24NaO6P. The van der Waals surface area contributed by atoms with Gasteiger partial charge in [0.15, 0.2) is 6.79 Å². The number of esters is 1. The SMILES string of the molecule is COC(=O)CC(C)c1cccc(C(C)C2CC2)c1OCO[PH](=O)[O-].[Na+]. The van der Waals surface area contributed by atoms with E-state index in [1.54, 1.807) is 0 Å². The van der Waals surface area contributed by atoms with Gasteiger partial charge in [0.2, 0.25) is 0 Å². The number of para-hydroxylation sites is 1. The quantitative estimate of drug-likeness (QED) is 0.260. The first-order chi connectivity index (χ1) is 11.4. The number of hydrogen-bond donors (Lipinski definition) is 0. The van der Waals surface area contributed by atoms with Crippen molar-refractivity contribution in [3.8, 4) is 5.75 Å². The third-order valence-electron chi connectivity index (χ3n) is 4.51. The molecule has 0 bridgehead atoms. The van der Waals surface area contributed by atoms with Gasteiger partial charge in [0, 0.05) is 0 Å². The van der Waals surface area contributed by atoms with Gasteiger partial charge in [-0.25, -0.2) is 0 Å². The molecule has 3 unspecified atom stereocenters. The van der Waals surface area contributed by atoms with Gasteiger partial charge in [-0.05, 0) is 41.7 Å². The molecule has 0 heterocycles. The largest absolute Gasteiger partial charge is 1.00 e. The molecule has 0 radical (unpaired) electrons. The van der Waals surface area contributed by atoms with Gasteiger partial charge in [-0.15, -0.1) is 0 Å². The molecule has 1 saturated carbocycles. The number of rotatable bonds is 9. The average Bonchev–Trinajstić information content (AvgIpc) is 3.38. The van der Waals surface area contributed by atoms with E-state index in [9.17, 15) is 14.3 Å². The Kier molecular flexibility index (Phi) is 9.71. The van der Waals surface area contributed by atoms with Gasteiger partial charge in [0.1, 0.15) is 14.0 Å². The van der Waals surface area contributed by atoms with Crippen LogP contribution in [0.15, 0.2) is 18.2 Å². The van der Waals surface area contributed by atoms with E-state index in [0.29, 0.717) is 17.6 Å². The second-order valence-corrected chi connectivity index (χ2v) is 7.02. The topological polar surface area (TPSA) is 84.9 Å². The molecule has 134 valence electrons. The molecule has 0 saturated heterocycles. The normalized spacial score (nSPS) is 17.1. The Morgan fingerprint density at radius 2 is 1.96 bits per heavy atom. The van der Waals surface area contributed by atoms with Crippen LogP contribution in [0.3, 0.4) is 0 Å². The molecule has 8 heteroatoms. The molecule has 0 spiro atoms. The van der Waals surface area contributed by atoms with E-state index in [-0.39, 0.29) is 54.7 Å². The van der Waals surface area contributed by atoms with Crippen LogP contribution in [-0.4, -0.2) is 19.9 Å². The van der Waals surface area contributed by atoms with Crippen LogP contribution in [0.25, 0.3) is 0 Å². The molecule has 0 amide bonds. The zero-order valence-corrected chi connectivity index (χ0v) is 18.2. The summed E-state index contributed by atoms with van der Waals surface area (Å²) in [5, 5.41) is 0. The fourth-order valence-electron chi connectivity index (χ4n) is 2.92. The van der Waals surface area contributed by atoms with Crippen molar-refractivity contribution in [3.63, 3.8) is 0 Å². The van der Waals surface area contributed by atoms with Crippen LogP contribution in [0.4, 0.5) is 0 Å². The summed E-state index contributed by atoms with van der Waals surface area (Å²) in [5.41, 5.74) is 1.89. The summed E-state index contributed by atoms with van der Waals surface area (Å²) in [6.45, 7) is 3.71. The molecule has 1 aliphatic carbocycles. The van der Waals surface area contributed by atoms with Crippen LogP contribution >= 0.6 is 8.25 Å². The maximum absolute atomic E-state index is 11.6.